The van der Waals surface area contributed by atoms with Crippen molar-refractivity contribution in [3.63, 3.8) is 0 Å². The van der Waals surface area contributed by atoms with Crippen molar-refractivity contribution in [2.45, 2.75) is 26.5 Å². The number of carbonyl (C=O) groups excluding carboxylic acids is 1. The van der Waals surface area contributed by atoms with Crippen LogP contribution in [0.4, 0.5) is 11.4 Å². The first-order chi connectivity index (χ1) is 22.8. The van der Waals surface area contributed by atoms with Crippen LogP contribution in [0.1, 0.15) is 36.6 Å². The van der Waals surface area contributed by atoms with Gasteiger partial charge in [0.2, 0.25) is 0 Å². The van der Waals surface area contributed by atoms with Gasteiger partial charge in [0.25, 0.3) is 17.2 Å². The minimum atomic E-state index is -0.706. The number of nitro groups is 1. The van der Waals surface area contributed by atoms with E-state index in [0.29, 0.717) is 44.4 Å². The Morgan fingerprint density at radius 3 is 2.28 bits per heavy atom. The number of fused-ring (bicyclic) bond motifs is 1. The van der Waals surface area contributed by atoms with E-state index in [1.807, 2.05) is 61.5 Å². The fourth-order valence-corrected chi connectivity index (χ4v) is 6.30. The van der Waals surface area contributed by atoms with Gasteiger partial charge in [-0.2, -0.15) is 0 Å². The Morgan fingerprint density at radius 1 is 0.957 bits per heavy atom. The van der Waals surface area contributed by atoms with E-state index in [1.165, 1.54) is 23.5 Å². The molecule has 0 saturated carbocycles. The highest BCUT2D eigenvalue weighted by molar-refractivity contribution is 7.07. The second-order valence-corrected chi connectivity index (χ2v) is 11.7. The van der Waals surface area contributed by atoms with Crippen molar-refractivity contribution in [1.29, 1.82) is 0 Å². The molecule has 1 amide bonds. The molecule has 1 aromatic heterocycles. The number of ether oxygens (including phenoxy) is 2. The van der Waals surface area contributed by atoms with Gasteiger partial charge in [0.15, 0.2) is 4.80 Å². The van der Waals surface area contributed by atoms with E-state index >= 15 is 0 Å². The number of carbonyl (C=O) groups is 1. The van der Waals surface area contributed by atoms with Crippen LogP contribution in [0.15, 0.2) is 124 Å². The molecule has 0 fully saturated rings. The lowest BCUT2D eigenvalue weighted by molar-refractivity contribution is -0.384. The van der Waals surface area contributed by atoms with E-state index in [1.54, 1.807) is 54.0 Å². The number of hydrogen-bond acceptors (Lipinski definition) is 8. The Morgan fingerprint density at radius 2 is 1.62 bits per heavy atom. The smallest absolute Gasteiger partial charge is 0.271 e. The zero-order valence-electron chi connectivity index (χ0n) is 25.6. The Balaban J connectivity index is 1.31. The number of amides is 1. The highest BCUT2D eigenvalue weighted by atomic mass is 32.1. The van der Waals surface area contributed by atoms with Crippen molar-refractivity contribution < 1.29 is 19.2 Å². The van der Waals surface area contributed by atoms with Crippen LogP contribution in [0.2, 0.25) is 0 Å². The van der Waals surface area contributed by atoms with E-state index in [-0.39, 0.29) is 23.8 Å². The molecule has 5 aromatic rings. The summed E-state index contributed by atoms with van der Waals surface area (Å²) in [5, 5.41) is 13.8. The van der Waals surface area contributed by atoms with E-state index in [0.717, 1.165) is 16.7 Å². The summed E-state index contributed by atoms with van der Waals surface area (Å²) in [6, 6.07) is 29.4. The summed E-state index contributed by atoms with van der Waals surface area (Å²) in [5.74, 6) is 0.969. The van der Waals surface area contributed by atoms with Crippen LogP contribution in [0.3, 0.4) is 0 Å². The summed E-state index contributed by atoms with van der Waals surface area (Å²) in [5.41, 5.74) is 3.65. The summed E-state index contributed by atoms with van der Waals surface area (Å²) < 4.78 is 13.5. The molecule has 10 nitrogen and oxygen atoms in total. The average molecular weight is 647 g/mol. The second kappa shape index (κ2) is 13.7. The van der Waals surface area contributed by atoms with Gasteiger partial charge in [-0.25, -0.2) is 4.99 Å². The molecule has 1 atom stereocenters. The molecule has 0 saturated heterocycles. The lowest BCUT2D eigenvalue weighted by atomic mass is 9.95. The standard InChI is InChI=1S/C36H30N4O6S/c1-3-45-29-19-13-26(14-20-29)33-32(34(41)38-27-7-5-4-6-8-27)23(2)37-36-39(33)35(42)31(47-36)21-24-11-17-30(18-12-24)46-22-25-9-15-28(16-10-25)40(43)44/h4-21,33H,3,22H2,1-2H3,(H,38,41)/b31-21-/t33-/m0/s1. The summed E-state index contributed by atoms with van der Waals surface area (Å²) >= 11 is 1.26. The number of allylic oxidation sites excluding steroid dienone is 1. The molecular formula is C36H30N4O6S. The molecule has 4 aromatic carbocycles. The Bertz CT molecular complexity index is 2140. The fourth-order valence-electron chi connectivity index (χ4n) is 5.25. The Labute approximate surface area is 273 Å². The number of nitrogens with zero attached hydrogens (tertiary/aromatic N) is 3. The van der Waals surface area contributed by atoms with Crippen LogP contribution in [-0.4, -0.2) is 22.0 Å². The van der Waals surface area contributed by atoms with Crippen LogP contribution < -0.4 is 29.7 Å². The molecular weight excluding hydrogens is 616 g/mol. The third kappa shape index (κ3) is 6.90. The van der Waals surface area contributed by atoms with Gasteiger partial charge in [-0.3, -0.25) is 24.3 Å². The number of nitro benzene ring substituents is 1. The number of non-ortho nitro benzene ring substituents is 1. The SMILES string of the molecule is CCOc1ccc([C@H]2C(C(=O)Nc3ccccc3)=C(C)N=c3s/c(=C\c4ccc(OCc5ccc([N+](=O)[O-])cc5)cc4)c(=O)n32)cc1. The minimum Gasteiger partial charge on any atom is -0.494 e. The molecule has 1 aliphatic rings. The van der Waals surface area contributed by atoms with Gasteiger partial charge in [-0.15, -0.1) is 0 Å². The zero-order valence-corrected chi connectivity index (χ0v) is 26.4. The number of thiazole rings is 1. The quantitative estimate of drug-likeness (QED) is 0.152. The van der Waals surface area contributed by atoms with Crippen molar-refractivity contribution in [3.8, 4) is 11.5 Å². The van der Waals surface area contributed by atoms with Crippen LogP contribution in [-0.2, 0) is 11.4 Å². The minimum absolute atomic E-state index is 0.0241. The monoisotopic (exact) mass is 646 g/mol. The van der Waals surface area contributed by atoms with Crippen LogP contribution in [0, 0.1) is 10.1 Å². The van der Waals surface area contributed by atoms with Crippen molar-refractivity contribution in [3.05, 3.63) is 161 Å². The van der Waals surface area contributed by atoms with Gasteiger partial charge in [0.05, 0.1) is 33.4 Å². The maximum atomic E-state index is 14.0. The number of anilines is 1. The molecule has 0 radical (unpaired) electrons. The topological polar surface area (TPSA) is 125 Å². The molecule has 11 heteroatoms. The number of benzene rings is 4. The maximum Gasteiger partial charge on any atom is 0.271 e. The number of para-hydroxylation sites is 1. The molecule has 6 rings (SSSR count). The van der Waals surface area contributed by atoms with Crippen molar-refractivity contribution >= 4 is 34.7 Å². The van der Waals surface area contributed by atoms with Crippen molar-refractivity contribution in [2.75, 3.05) is 11.9 Å². The summed E-state index contributed by atoms with van der Waals surface area (Å²) in [6.07, 6.45) is 1.79. The summed E-state index contributed by atoms with van der Waals surface area (Å²) in [6.45, 7) is 4.47. The third-order valence-electron chi connectivity index (χ3n) is 7.54. The molecule has 2 heterocycles. The predicted octanol–water partition coefficient (Wildman–Crippen LogP) is 5.76. The van der Waals surface area contributed by atoms with Crippen LogP contribution in [0.25, 0.3) is 6.08 Å². The number of nitrogens with one attached hydrogen (secondary N) is 1. The second-order valence-electron chi connectivity index (χ2n) is 10.7. The van der Waals surface area contributed by atoms with Gasteiger partial charge in [0, 0.05) is 17.8 Å². The third-order valence-corrected chi connectivity index (χ3v) is 8.52. The number of hydrogen-bond donors (Lipinski definition) is 1. The fraction of sp³-hybridized carbons (Fsp3) is 0.139. The van der Waals surface area contributed by atoms with Crippen molar-refractivity contribution in [2.24, 2.45) is 4.99 Å². The summed E-state index contributed by atoms with van der Waals surface area (Å²) in [4.78, 5) is 43.4. The molecule has 0 spiro atoms. The average Bonchev–Trinajstić information content (AvgIpc) is 3.38. The van der Waals surface area contributed by atoms with Crippen molar-refractivity contribution in [1.82, 2.24) is 4.57 Å². The first kappa shape index (κ1) is 31.2. The van der Waals surface area contributed by atoms with Gasteiger partial charge in [-0.1, -0.05) is 53.8 Å². The predicted molar refractivity (Wildman–Crippen MR) is 180 cm³/mol. The van der Waals surface area contributed by atoms with Crippen LogP contribution in [0.5, 0.6) is 11.5 Å². The molecule has 236 valence electrons. The highest BCUT2D eigenvalue weighted by Crippen LogP contribution is 2.32. The molecule has 0 bridgehead atoms. The van der Waals surface area contributed by atoms with E-state index in [2.05, 4.69) is 5.32 Å². The highest BCUT2D eigenvalue weighted by Gasteiger charge is 2.32. The lowest BCUT2D eigenvalue weighted by Crippen LogP contribution is -2.40. The molecule has 47 heavy (non-hydrogen) atoms. The number of rotatable bonds is 10. The van der Waals surface area contributed by atoms with E-state index < -0.39 is 11.0 Å². The largest absolute Gasteiger partial charge is 0.494 e. The van der Waals surface area contributed by atoms with Gasteiger partial charge < -0.3 is 14.8 Å². The zero-order chi connectivity index (χ0) is 32.9. The Kier molecular flexibility index (Phi) is 9.07. The summed E-state index contributed by atoms with van der Waals surface area (Å²) in [7, 11) is 0. The lowest BCUT2D eigenvalue weighted by Gasteiger charge is -2.25. The van der Waals surface area contributed by atoms with Gasteiger partial charge in [-0.05, 0) is 85.1 Å². The van der Waals surface area contributed by atoms with E-state index in [4.69, 9.17) is 14.5 Å². The molecule has 1 N–H and O–H groups in total. The van der Waals surface area contributed by atoms with E-state index in [9.17, 15) is 19.7 Å². The van der Waals surface area contributed by atoms with Gasteiger partial charge >= 0.3 is 0 Å². The molecule has 0 aliphatic carbocycles. The number of aromatic nitrogens is 1. The van der Waals surface area contributed by atoms with Gasteiger partial charge in [0.1, 0.15) is 18.1 Å². The molecule has 1 aliphatic heterocycles. The first-order valence-electron chi connectivity index (χ1n) is 14.9. The maximum absolute atomic E-state index is 14.0. The first-order valence-corrected chi connectivity index (χ1v) is 15.7. The van der Waals surface area contributed by atoms with Crippen LogP contribution >= 0.6 is 11.3 Å². The molecule has 0 unspecified atom stereocenters. The Hall–Kier alpha value is -5.81. The normalized spacial score (nSPS) is 14.3.